The van der Waals surface area contributed by atoms with Crippen molar-refractivity contribution >= 4 is 5.91 Å². The number of piperidine rings is 1. The molecule has 7 nitrogen and oxygen atoms in total. The Bertz CT molecular complexity index is 809. The van der Waals surface area contributed by atoms with Crippen LogP contribution in [0.1, 0.15) is 48.5 Å². The monoisotopic (exact) mass is 368 g/mol. The maximum absolute atomic E-state index is 12.8. The number of nitrogens with zero attached hydrogens (tertiary/aromatic N) is 5. The van der Waals surface area contributed by atoms with Crippen molar-refractivity contribution in [3.8, 4) is 0 Å². The predicted octanol–water partition coefficient (Wildman–Crippen LogP) is 1.67. The smallest absolute Gasteiger partial charge is 0.227 e. The van der Waals surface area contributed by atoms with E-state index in [0.717, 1.165) is 57.0 Å². The Kier molecular flexibility index (Phi) is 5.20. The van der Waals surface area contributed by atoms with Crippen LogP contribution in [0, 0.1) is 12.8 Å². The summed E-state index contributed by atoms with van der Waals surface area (Å²) in [6.45, 7) is 8.02. The summed E-state index contributed by atoms with van der Waals surface area (Å²) in [5.41, 5.74) is 3.40. The molecule has 2 aliphatic rings. The molecule has 4 heterocycles. The van der Waals surface area contributed by atoms with Gasteiger partial charge >= 0.3 is 0 Å². The molecule has 1 amide bonds. The first kappa shape index (κ1) is 18.1. The Balaban J connectivity index is 1.33. The highest BCUT2D eigenvalue weighted by Crippen LogP contribution is 2.27. The van der Waals surface area contributed by atoms with Crippen molar-refractivity contribution < 1.29 is 4.79 Å². The van der Waals surface area contributed by atoms with Crippen LogP contribution in [0.15, 0.2) is 18.5 Å². The van der Waals surface area contributed by atoms with Gasteiger partial charge in [-0.2, -0.15) is 5.10 Å². The lowest BCUT2D eigenvalue weighted by Crippen LogP contribution is -2.42. The van der Waals surface area contributed by atoms with E-state index >= 15 is 0 Å². The van der Waals surface area contributed by atoms with E-state index in [1.165, 1.54) is 11.3 Å². The number of hydrogen-bond donors (Lipinski definition) is 1. The highest BCUT2D eigenvalue weighted by atomic mass is 16.2. The van der Waals surface area contributed by atoms with Crippen molar-refractivity contribution in [3.63, 3.8) is 0 Å². The summed E-state index contributed by atoms with van der Waals surface area (Å²) in [5.74, 6) is 1.48. The number of carbonyl (C=O) groups is 1. The zero-order chi connectivity index (χ0) is 18.8. The minimum Gasteiger partial charge on any atom is -0.342 e. The molecule has 2 aromatic rings. The maximum Gasteiger partial charge on any atom is 0.227 e. The van der Waals surface area contributed by atoms with E-state index in [2.05, 4.69) is 15.4 Å². The third kappa shape index (κ3) is 4.03. The van der Waals surface area contributed by atoms with Crippen molar-refractivity contribution in [2.75, 3.05) is 19.6 Å². The molecule has 144 valence electrons. The quantitative estimate of drug-likeness (QED) is 0.888. The number of hydrogen-bond acceptors (Lipinski definition) is 5. The first-order valence-corrected chi connectivity index (χ1v) is 9.94. The molecule has 0 aliphatic carbocycles. The molecular formula is C20H28N6O. The van der Waals surface area contributed by atoms with Crippen LogP contribution in [-0.4, -0.2) is 50.2 Å². The van der Waals surface area contributed by atoms with Crippen molar-refractivity contribution in [1.29, 1.82) is 0 Å². The molecule has 0 spiro atoms. The number of likely N-dealkylation sites (tertiary alicyclic amines) is 1. The molecule has 2 aliphatic heterocycles. The minimum atomic E-state index is -0.0617. The van der Waals surface area contributed by atoms with Crippen LogP contribution in [-0.2, 0) is 24.3 Å². The van der Waals surface area contributed by atoms with Crippen LogP contribution in [0.25, 0.3) is 0 Å². The zero-order valence-corrected chi connectivity index (χ0v) is 16.2. The maximum atomic E-state index is 12.8. The summed E-state index contributed by atoms with van der Waals surface area (Å²) in [7, 11) is 0. The molecule has 2 aromatic heterocycles. The molecule has 1 unspecified atom stereocenters. The Morgan fingerprint density at radius 2 is 2.19 bits per heavy atom. The Morgan fingerprint density at radius 3 is 2.93 bits per heavy atom. The average Bonchev–Trinajstić information content (AvgIpc) is 3.11. The highest BCUT2D eigenvalue weighted by Gasteiger charge is 2.28. The summed E-state index contributed by atoms with van der Waals surface area (Å²) >= 11 is 0. The summed E-state index contributed by atoms with van der Waals surface area (Å²) in [6.07, 6.45) is 6.78. The van der Waals surface area contributed by atoms with E-state index in [1.807, 2.05) is 41.9 Å². The average molecular weight is 368 g/mol. The number of amides is 1. The van der Waals surface area contributed by atoms with Gasteiger partial charge in [-0.25, -0.2) is 9.97 Å². The zero-order valence-electron chi connectivity index (χ0n) is 16.2. The molecular weight excluding hydrogens is 340 g/mol. The third-order valence-electron chi connectivity index (χ3n) is 5.66. The fourth-order valence-electron chi connectivity index (χ4n) is 4.04. The van der Waals surface area contributed by atoms with Gasteiger partial charge in [-0.15, -0.1) is 0 Å². The van der Waals surface area contributed by atoms with Gasteiger partial charge < -0.3 is 10.2 Å². The van der Waals surface area contributed by atoms with E-state index in [1.54, 1.807) is 0 Å². The van der Waals surface area contributed by atoms with E-state index in [0.29, 0.717) is 12.5 Å². The van der Waals surface area contributed by atoms with Crippen LogP contribution in [0.3, 0.4) is 0 Å². The molecule has 4 rings (SSSR count). The van der Waals surface area contributed by atoms with Gasteiger partial charge in [-0.3, -0.25) is 9.48 Å². The molecule has 1 atom stereocenters. The summed E-state index contributed by atoms with van der Waals surface area (Å²) in [6, 6.07) is 1.97. The highest BCUT2D eigenvalue weighted by molar-refractivity contribution is 5.78. The van der Waals surface area contributed by atoms with Crippen LogP contribution in [0.5, 0.6) is 0 Å². The van der Waals surface area contributed by atoms with Gasteiger partial charge in [-0.1, -0.05) is 6.92 Å². The van der Waals surface area contributed by atoms with Crippen molar-refractivity contribution in [3.05, 3.63) is 41.2 Å². The number of aryl methyl sites for hydroxylation is 1. The van der Waals surface area contributed by atoms with Gasteiger partial charge in [-0.05, 0) is 25.8 Å². The number of aromatic nitrogens is 4. The molecule has 1 saturated heterocycles. The van der Waals surface area contributed by atoms with Crippen molar-refractivity contribution in [2.45, 2.75) is 52.1 Å². The lowest BCUT2D eigenvalue weighted by Gasteiger charge is -2.33. The van der Waals surface area contributed by atoms with Crippen LogP contribution in [0.4, 0.5) is 0 Å². The standard InChI is InChI=1S/C20H28N6O/c1-14(13-26-10-4-15(2)24-26)20(27)25-8-5-16(6-9-25)19-22-12-17-11-21-7-3-18(17)23-19/h4,10,12,14,16,21H,3,5-9,11,13H2,1-2H3. The molecule has 7 heteroatoms. The van der Waals surface area contributed by atoms with Crippen LogP contribution < -0.4 is 5.32 Å². The molecule has 1 fully saturated rings. The first-order valence-electron chi connectivity index (χ1n) is 9.94. The molecule has 0 radical (unpaired) electrons. The van der Waals surface area contributed by atoms with Gasteiger partial charge in [0.2, 0.25) is 5.91 Å². The number of nitrogens with one attached hydrogen (secondary N) is 1. The van der Waals surface area contributed by atoms with Crippen LogP contribution in [0.2, 0.25) is 0 Å². The molecule has 1 N–H and O–H groups in total. The second-order valence-corrected chi connectivity index (χ2v) is 7.81. The Hall–Kier alpha value is -2.28. The SMILES string of the molecule is Cc1ccn(CC(C)C(=O)N2CCC(c3ncc4c(n3)CCNC4)CC2)n1. The Morgan fingerprint density at radius 1 is 1.37 bits per heavy atom. The van der Waals surface area contributed by atoms with Gasteiger partial charge in [0.1, 0.15) is 5.82 Å². The van der Waals surface area contributed by atoms with Gasteiger partial charge in [0.15, 0.2) is 0 Å². The fraction of sp³-hybridized carbons (Fsp3) is 0.600. The van der Waals surface area contributed by atoms with Crippen LogP contribution >= 0.6 is 0 Å². The number of carbonyl (C=O) groups excluding carboxylic acids is 1. The Labute approximate surface area is 160 Å². The second kappa shape index (κ2) is 7.76. The molecule has 0 bridgehead atoms. The normalized spacial score (nSPS) is 19.0. The molecule has 27 heavy (non-hydrogen) atoms. The molecule has 0 aromatic carbocycles. The van der Waals surface area contributed by atoms with E-state index in [9.17, 15) is 4.79 Å². The minimum absolute atomic E-state index is 0.0617. The third-order valence-corrected chi connectivity index (χ3v) is 5.66. The molecule has 0 saturated carbocycles. The summed E-state index contributed by atoms with van der Waals surface area (Å²) in [4.78, 5) is 24.2. The summed E-state index contributed by atoms with van der Waals surface area (Å²) in [5, 5.41) is 7.75. The second-order valence-electron chi connectivity index (χ2n) is 7.81. The number of rotatable bonds is 4. The first-order chi connectivity index (χ1) is 13.1. The largest absolute Gasteiger partial charge is 0.342 e. The fourth-order valence-corrected chi connectivity index (χ4v) is 4.04. The van der Waals surface area contributed by atoms with E-state index < -0.39 is 0 Å². The topological polar surface area (TPSA) is 75.9 Å². The van der Waals surface area contributed by atoms with Crippen molar-refractivity contribution in [1.82, 2.24) is 30.0 Å². The van der Waals surface area contributed by atoms with Gasteiger partial charge in [0, 0.05) is 62.2 Å². The lowest BCUT2D eigenvalue weighted by molar-refractivity contribution is -0.136. The predicted molar refractivity (Wildman–Crippen MR) is 102 cm³/mol. The summed E-state index contributed by atoms with van der Waals surface area (Å²) < 4.78 is 1.86. The van der Waals surface area contributed by atoms with E-state index in [-0.39, 0.29) is 11.8 Å². The van der Waals surface area contributed by atoms with Gasteiger partial charge in [0.05, 0.1) is 18.2 Å². The lowest BCUT2D eigenvalue weighted by atomic mass is 9.94. The van der Waals surface area contributed by atoms with E-state index in [4.69, 9.17) is 4.98 Å². The number of fused-ring (bicyclic) bond motifs is 1. The van der Waals surface area contributed by atoms with Gasteiger partial charge in [0.25, 0.3) is 0 Å². The van der Waals surface area contributed by atoms with Crippen molar-refractivity contribution in [2.24, 2.45) is 5.92 Å².